The van der Waals surface area contributed by atoms with Gasteiger partial charge in [-0.1, -0.05) is 30.3 Å². The minimum absolute atomic E-state index is 0.0922. The molecule has 1 unspecified atom stereocenters. The molecule has 2 amide bonds. The molecule has 1 aromatic carbocycles. The van der Waals surface area contributed by atoms with E-state index in [1.165, 1.54) is 12.8 Å². The first-order valence-electron chi connectivity index (χ1n) is 8.74. The predicted molar refractivity (Wildman–Crippen MR) is 91.2 cm³/mol. The maximum Gasteiger partial charge on any atom is 0.225 e. The lowest BCUT2D eigenvalue weighted by atomic mass is 10.1. The van der Waals surface area contributed by atoms with Crippen molar-refractivity contribution in [3.05, 3.63) is 42.4 Å². The van der Waals surface area contributed by atoms with Crippen molar-refractivity contribution >= 4 is 11.8 Å². The number of amides is 2. The van der Waals surface area contributed by atoms with Gasteiger partial charge in [-0.3, -0.25) is 9.59 Å². The summed E-state index contributed by atoms with van der Waals surface area (Å²) < 4.78 is 5.68. The van der Waals surface area contributed by atoms with E-state index in [1.807, 2.05) is 35.2 Å². The highest BCUT2D eigenvalue weighted by Gasteiger charge is 2.37. The minimum Gasteiger partial charge on any atom is -0.439 e. The highest BCUT2D eigenvalue weighted by Crippen LogP contribution is 2.32. The third-order valence-corrected chi connectivity index (χ3v) is 4.79. The number of rotatable bonds is 6. The number of aromatic nitrogens is 1. The van der Waals surface area contributed by atoms with Crippen molar-refractivity contribution in [1.29, 1.82) is 0 Å². The van der Waals surface area contributed by atoms with Crippen LogP contribution in [0.4, 0.5) is 0 Å². The molecule has 0 spiro atoms. The fraction of sp³-hybridized carbons (Fsp3) is 0.421. The molecule has 0 radical (unpaired) electrons. The van der Waals surface area contributed by atoms with Crippen molar-refractivity contribution in [1.82, 2.24) is 15.2 Å². The van der Waals surface area contributed by atoms with E-state index in [4.69, 9.17) is 4.42 Å². The lowest BCUT2D eigenvalue weighted by Crippen LogP contribution is -2.33. The molecule has 2 fully saturated rings. The van der Waals surface area contributed by atoms with E-state index in [0.29, 0.717) is 30.5 Å². The lowest BCUT2D eigenvalue weighted by molar-refractivity contribution is -0.129. The molecule has 1 aliphatic heterocycles. The van der Waals surface area contributed by atoms with Gasteiger partial charge in [0, 0.05) is 25.1 Å². The quantitative estimate of drug-likeness (QED) is 0.875. The monoisotopic (exact) mass is 339 g/mol. The van der Waals surface area contributed by atoms with E-state index >= 15 is 0 Å². The van der Waals surface area contributed by atoms with Crippen LogP contribution in [0.15, 0.2) is 40.9 Å². The molecule has 6 nitrogen and oxygen atoms in total. The number of likely N-dealkylation sites (tertiary alicyclic amines) is 1. The Morgan fingerprint density at radius 1 is 1.28 bits per heavy atom. The van der Waals surface area contributed by atoms with Crippen LogP contribution in [0.3, 0.4) is 0 Å². The first-order valence-corrected chi connectivity index (χ1v) is 8.74. The Morgan fingerprint density at radius 3 is 2.84 bits per heavy atom. The third-order valence-electron chi connectivity index (χ3n) is 4.79. The van der Waals surface area contributed by atoms with E-state index < -0.39 is 0 Å². The second-order valence-electron chi connectivity index (χ2n) is 6.85. The Labute approximate surface area is 146 Å². The van der Waals surface area contributed by atoms with Crippen LogP contribution in [0.5, 0.6) is 0 Å². The molecule has 2 aromatic rings. The van der Waals surface area contributed by atoms with E-state index in [1.54, 1.807) is 6.20 Å². The first kappa shape index (κ1) is 15.9. The summed E-state index contributed by atoms with van der Waals surface area (Å²) in [6.45, 7) is 1.57. The van der Waals surface area contributed by atoms with Gasteiger partial charge in [0.2, 0.25) is 17.7 Å². The molecule has 1 saturated carbocycles. The molecule has 130 valence electrons. The van der Waals surface area contributed by atoms with Gasteiger partial charge in [-0.05, 0) is 18.8 Å². The summed E-state index contributed by atoms with van der Waals surface area (Å²) in [6.07, 6.45) is 4.37. The van der Waals surface area contributed by atoms with E-state index in [-0.39, 0.29) is 24.3 Å². The zero-order valence-corrected chi connectivity index (χ0v) is 14.0. The Kier molecular flexibility index (Phi) is 4.26. The second kappa shape index (κ2) is 6.70. The molecule has 4 rings (SSSR count). The van der Waals surface area contributed by atoms with Crippen LogP contribution >= 0.6 is 0 Å². The van der Waals surface area contributed by atoms with E-state index in [2.05, 4.69) is 10.3 Å². The van der Waals surface area contributed by atoms with Crippen LogP contribution in [0.2, 0.25) is 0 Å². The van der Waals surface area contributed by atoms with Crippen LogP contribution < -0.4 is 5.32 Å². The summed E-state index contributed by atoms with van der Waals surface area (Å²) in [5, 5.41) is 2.84. The summed E-state index contributed by atoms with van der Waals surface area (Å²) in [7, 11) is 0. The number of benzene rings is 1. The number of hydrogen-bond acceptors (Lipinski definition) is 4. The van der Waals surface area contributed by atoms with E-state index in [9.17, 15) is 9.59 Å². The van der Waals surface area contributed by atoms with Gasteiger partial charge < -0.3 is 14.6 Å². The summed E-state index contributed by atoms with van der Waals surface area (Å²) in [6, 6.07) is 9.70. The standard InChI is InChI=1S/C19H21N3O3/c23-18-8-15(12-22(18)11-13-6-7-13)19(24)21-10-17-20-9-16(25-17)14-4-2-1-3-5-14/h1-5,9,13,15H,6-8,10-12H2,(H,21,24). The summed E-state index contributed by atoms with van der Waals surface area (Å²) in [4.78, 5) is 30.4. The van der Waals surface area contributed by atoms with Crippen molar-refractivity contribution in [2.75, 3.05) is 13.1 Å². The van der Waals surface area contributed by atoms with Crippen LogP contribution in [0.25, 0.3) is 11.3 Å². The molecule has 1 atom stereocenters. The van der Waals surface area contributed by atoms with Gasteiger partial charge in [-0.25, -0.2) is 4.98 Å². The lowest BCUT2D eigenvalue weighted by Gasteiger charge is -2.15. The van der Waals surface area contributed by atoms with Crippen LogP contribution in [-0.2, 0) is 16.1 Å². The number of carbonyl (C=O) groups is 2. The smallest absolute Gasteiger partial charge is 0.225 e. The zero-order chi connectivity index (χ0) is 17.2. The Bertz CT molecular complexity index is 767. The number of oxazole rings is 1. The molecular formula is C19H21N3O3. The summed E-state index contributed by atoms with van der Waals surface area (Å²) >= 11 is 0. The minimum atomic E-state index is -0.269. The zero-order valence-electron chi connectivity index (χ0n) is 14.0. The van der Waals surface area contributed by atoms with Crippen molar-refractivity contribution in [3.8, 4) is 11.3 Å². The first-order chi connectivity index (χ1) is 12.2. The Morgan fingerprint density at radius 2 is 2.08 bits per heavy atom. The fourth-order valence-electron chi connectivity index (χ4n) is 3.17. The highest BCUT2D eigenvalue weighted by molar-refractivity contribution is 5.89. The van der Waals surface area contributed by atoms with Gasteiger partial charge >= 0.3 is 0 Å². The van der Waals surface area contributed by atoms with Gasteiger partial charge in [0.15, 0.2) is 5.76 Å². The van der Waals surface area contributed by atoms with Crippen LogP contribution in [0, 0.1) is 11.8 Å². The SMILES string of the molecule is O=C(NCc1ncc(-c2ccccc2)o1)C1CC(=O)N(CC2CC2)C1. The van der Waals surface area contributed by atoms with Gasteiger partial charge in [0.1, 0.15) is 0 Å². The van der Waals surface area contributed by atoms with Crippen molar-refractivity contribution in [3.63, 3.8) is 0 Å². The van der Waals surface area contributed by atoms with Crippen molar-refractivity contribution < 1.29 is 14.0 Å². The molecular weight excluding hydrogens is 318 g/mol. The van der Waals surface area contributed by atoms with Crippen LogP contribution in [-0.4, -0.2) is 34.8 Å². The molecule has 1 aromatic heterocycles. The van der Waals surface area contributed by atoms with Crippen LogP contribution in [0.1, 0.15) is 25.2 Å². The summed E-state index contributed by atoms with van der Waals surface area (Å²) in [5.41, 5.74) is 0.949. The Hall–Kier alpha value is -2.63. The van der Waals surface area contributed by atoms with Gasteiger partial charge in [-0.15, -0.1) is 0 Å². The van der Waals surface area contributed by atoms with Gasteiger partial charge in [0.25, 0.3) is 0 Å². The molecule has 2 aliphatic rings. The number of carbonyl (C=O) groups excluding carboxylic acids is 2. The highest BCUT2D eigenvalue weighted by atomic mass is 16.4. The molecule has 6 heteroatoms. The molecule has 1 saturated heterocycles. The molecule has 1 N–H and O–H groups in total. The number of nitrogens with zero attached hydrogens (tertiary/aromatic N) is 2. The topological polar surface area (TPSA) is 75.4 Å². The molecule has 1 aliphatic carbocycles. The van der Waals surface area contributed by atoms with Crippen molar-refractivity contribution in [2.45, 2.75) is 25.8 Å². The molecule has 25 heavy (non-hydrogen) atoms. The predicted octanol–water partition coefficient (Wildman–Crippen LogP) is 2.22. The largest absolute Gasteiger partial charge is 0.439 e. The van der Waals surface area contributed by atoms with E-state index in [0.717, 1.165) is 12.1 Å². The summed E-state index contributed by atoms with van der Waals surface area (Å²) in [5.74, 6) is 1.51. The normalized spacial score (nSPS) is 20.1. The average Bonchev–Trinajstić information content (AvgIpc) is 3.19. The average molecular weight is 339 g/mol. The number of hydrogen-bond donors (Lipinski definition) is 1. The third kappa shape index (κ3) is 3.73. The molecule has 2 heterocycles. The molecule has 0 bridgehead atoms. The maximum atomic E-state index is 12.3. The van der Waals surface area contributed by atoms with Gasteiger partial charge in [-0.2, -0.15) is 0 Å². The van der Waals surface area contributed by atoms with Gasteiger partial charge in [0.05, 0.1) is 18.7 Å². The fourth-order valence-corrected chi connectivity index (χ4v) is 3.17. The Balaban J connectivity index is 1.30. The second-order valence-corrected chi connectivity index (χ2v) is 6.85. The van der Waals surface area contributed by atoms with Crippen molar-refractivity contribution in [2.24, 2.45) is 11.8 Å². The maximum absolute atomic E-state index is 12.3. The number of nitrogens with one attached hydrogen (secondary N) is 1.